The molecule has 1 aliphatic heterocycles. The Morgan fingerprint density at radius 3 is 2.74 bits per heavy atom. The summed E-state index contributed by atoms with van der Waals surface area (Å²) in [6, 6.07) is 7.79. The standard InChI is InChI=1S/C26H24BrN7O5/c1-38-17-9-13(26(37)39-2)6-14-21-23(28)29-11-30-24(21)33(22(14)17)10-20(35)34-15-7-12(15)8-16(34)25(36)32-19-5-3-4-18(27)31-19/h3-6,9,11-12,15-16H,7-8,10H2,1-2H3,(H2,28,29,30)(H,31,32,36)/t12-,15-,16+/m1/s1. The minimum atomic E-state index is -0.623. The largest absolute Gasteiger partial charge is 0.495 e. The Hall–Kier alpha value is -4.26. The molecule has 200 valence electrons. The molecule has 2 fully saturated rings. The second kappa shape index (κ2) is 9.49. The van der Waals surface area contributed by atoms with E-state index in [-0.39, 0.29) is 41.7 Å². The quantitative estimate of drug-likeness (QED) is 0.253. The molecular weight excluding hydrogens is 570 g/mol. The van der Waals surface area contributed by atoms with Gasteiger partial charge in [-0.2, -0.15) is 0 Å². The van der Waals surface area contributed by atoms with Crippen LogP contribution in [-0.2, 0) is 20.9 Å². The molecule has 6 rings (SSSR count). The Balaban J connectivity index is 1.38. The van der Waals surface area contributed by atoms with Crippen LogP contribution in [0.3, 0.4) is 0 Å². The number of hydrogen-bond donors (Lipinski definition) is 2. The Morgan fingerprint density at radius 1 is 1.18 bits per heavy atom. The Kier molecular flexibility index (Phi) is 6.09. The lowest BCUT2D eigenvalue weighted by molar-refractivity contribution is -0.138. The van der Waals surface area contributed by atoms with Crippen molar-refractivity contribution in [3.63, 3.8) is 0 Å². The van der Waals surface area contributed by atoms with Crippen LogP contribution in [0.25, 0.3) is 21.9 Å². The summed E-state index contributed by atoms with van der Waals surface area (Å²) in [5, 5.41) is 3.88. The molecule has 0 radical (unpaired) electrons. The molecule has 2 aliphatic rings. The van der Waals surface area contributed by atoms with Gasteiger partial charge in [-0.15, -0.1) is 0 Å². The first-order chi connectivity index (χ1) is 18.8. The number of piperidine rings is 1. The number of benzene rings is 1. The molecule has 39 heavy (non-hydrogen) atoms. The molecule has 13 heteroatoms. The number of rotatable bonds is 6. The van der Waals surface area contributed by atoms with E-state index in [0.717, 1.165) is 6.42 Å². The number of carbonyl (C=O) groups is 3. The normalized spacial score (nSPS) is 19.7. The second-order valence-corrected chi connectivity index (χ2v) is 10.4. The Labute approximate surface area is 230 Å². The van der Waals surface area contributed by atoms with Crippen LogP contribution in [0, 0.1) is 5.92 Å². The number of ether oxygens (including phenoxy) is 2. The molecular formula is C26H24BrN7O5. The predicted molar refractivity (Wildman–Crippen MR) is 145 cm³/mol. The van der Waals surface area contributed by atoms with Gasteiger partial charge in [-0.05, 0) is 59.0 Å². The first kappa shape index (κ1) is 25.0. The van der Waals surface area contributed by atoms with Gasteiger partial charge < -0.3 is 30.0 Å². The number of likely N-dealkylation sites (tertiary alicyclic amines) is 1. The van der Waals surface area contributed by atoms with Crippen LogP contribution in [0.5, 0.6) is 5.75 Å². The van der Waals surface area contributed by atoms with Crippen molar-refractivity contribution in [2.24, 2.45) is 5.92 Å². The van der Waals surface area contributed by atoms with Gasteiger partial charge in [0.25, 0.3) is 0 Å². The summed E-state index contributed by atoms with van der Waals surface area (Å²) >= 11 is 3.31. The fourth-order valence-corrected chi connectivity index (χ4v) is 5.88. The first-order valence-corrected chi connectivity index (χ1v) is 13.0. The average Bonchev–Trinajstić information content (AvgIpc) is 3.47. The summed E-state index contributed by atoms with van der Waals surface area (Å²) in [7, 11) is 2.76. The van der Waals surface area contributed by atoms with Gasteiger partial charge in [0.1, 0.15) is 46.5 Å². The van der Waals surface area contributed by atoms with Gasteiger partial charge in [0.2, 0.25) is 11.8 Å². The number of nitrogens with zero attached hydrogens (tertiary/aromatic N) is 5. The topological polar surface area (TPSA) is 155 Å². The SMILES string of the molecule is COC(=O)c1cc(OC)c2c(c1)c1c(N)ncnc1n2CC(=O)N1[C@@H]2C[C@@H]2C[C@H]1C(=O)Nc1cccc(Br)n1. The molecule has 3 N–H and O–H groups in total. The molecule has 3 aromatic heterocycles. The van der Waals surface area contributed by atoms with E-state index in [0.29, 0.717) is 44.5 Å². The molecule has 1 saturated heterocycles. The highest BCUT2D eigenvalue weighted by Crippen LogP contribution is 2.48. The van der Waals surface area contributed by atoms with Crippen molar-refractivity contribution in [2.75, 3.05) is 25.3 Å². The summed E-state index contributed by atoms with van der Waals surface area (Å²) in [4.78, 5) is 53.9. The fourth-order valence-electron chi connectivity index (χ4n) is 5.53. The van der Waals surface area contributed by atoms with Gasteiger partial charge in [0.05, 0.1) is 30.7 Å². The number of pyridine rings is 1. The summed E-state index contributed by atoms with van der Waals surface area (Å²) in [6.45, 7) is -0.119. The smallest absolute Gasteiger partial charge is 0.338 e. The number of anilines is 2. The third kappa shape index (κ3) is 4.22. The zero-order chi connectivity index (χ0) is 27.4. The number of methoxy groups -OCH3 is 2. The van der Waals surface area contributed by atoms with Gasteiger partial charge in [0, 0.05) is 11.4 Å². The van der Waals surface area contributed by atoms with E-state index in [1.807, 2.05) is 0 Å². The number of amides is 2. The van der Waals surface area contributed by atoms with Crippen LogP contribution in [0.4, 0.5) is 11.6 Å². The number of fused-ring (bicyclic) bond motifs is 4. The lowest BCUT2D eigenvalue weighted by Crippen LogP contribution is -2.46. The molecule has 4 aromatic rings. The average molecular weight is 594 g/mol. The Bertz CT molecular complexity index is 1670. The van der Waals surface area contributed by atoms with Crippen LogP contribution >= 0.6 is 15.9 Å². The van der Waals surface area contributed by atoms with E-state index in [2.05, 4.69) is 36.2 Å². The molecule has 12 nitrogen and oxygen atoms in total. The minimum Gasteiger partial charge on any atom is -0.495 e. The van der Waals surface area contributed by atoms with Crippen LogP contribution < -0.4 is 15.8 Å². The van der Waals surface area contributed by atoms with Gasteiger partial charge in [-0.25, -0.2) is 19.7 Å². The highest BCUT2D eigenvalue weighted by Gasteiger charge is 2.56. The zero-order valence-electron chi connectivity index (χ0n) is 21.1. The highest BCUT2D eigenvalue weighted by atomic mass is 79.9. The number of carbonyl (C=O) groups excluding carboxylic acids is 3. The van der Waals surface area contributed by atoms with Crippen molar-refractivity contribution in [1.29, 1.82) is 0 Å². The molecule has 3 atom stereocenters. The number of esters is 1. The number of halogens is 1. The predicted octanol–water partition coefficient (Wildman–Crippen LogP) is 2.75. The first-order valence-electron chi connectivity index (χ1n) is 12.2. The molecule has 2 amide bonds. The highest BCUT2D eigenvalue weighted by molar-refractivity contribution is 9.10. The van der Waals surface area contributed by atoms with E-state index in [1.165, 1.54) is 20.5 Å². The molecule has 1 aliphatic carbocycles. The van der Waals surface area contributed by atoms with E-state index >= 15 is 0 Å². The third-order valence-corrected chi connectivity index (χ3v) is 7.76. The Morgan fingerprint density at radius 2 is 2.00 bits per heavy atom. The van der Waals surface area contributed by atoms with Crippen molar-refractivity contribution in [1.82, 2.24) is 24.4 Å². The molecule has 4 heterocycles. The van der Waals surface area contributed by atoms with Crippen molar-refractivity contribution < 1.29 is 23.9 Å². The molecule has 0 bridgehead atoms. The maximum Gasteiger partial charge on any atom is 0.338 e. The van der Waals surface area contributed by atoms with Gasteiger partial charge in [0.15, 0.2) is 0 Å². The van der Waals surface area contributed by atoms with E-state index in [1.54, 1.807) is 39.8 Å². The van der Waals surface area contributed by atoms with Crippen molar-refractivity contribution in [3.8, 4) is 5.75 Å². The molecule has 1 saturated carbocycles. The summed E-state index contributed by atoms with van der Waals surface area (Å²) < 4.78 is 12.8. The second-order valence-electron chi connectivity index (χ2n) is 9.56. The van der Waals surface area contributed by atoms with Crippen LogP contribution in [0.1, 0.15) is 23.2 Å². The summed E-state index contributed by atoms with van der Waals surface area (Å²) in [5.74, 6) is 0.165. The lowest BCUT2D eigenvalue weighted by atomic mass is 10.1. The number of nitrogens with two attached hydrogens (primary N) is 1. The van der Waals surface area contributed by atoms with Gasteiger partial charge in [-0.1, -0.05) is 6.07 Å². The maximum atomic E-state index is 13.9. The van der Waals surface area contributed by atoms with Crippen LogP contribution in [-0.4, -0.2) is 68.5 Å². The van der Waals surface area contributed by atoms with Crippen molar-refractivity contribution >= 4 is 67.3 Å². The number of nitrogens with one attached hydrogen (secondary N) is 1. The molecule has 1 aromatic carbocycles. The molecule has 0 unspecified atom stereocenters. The third-order valence-electron chi connectivity index (χ3n) is 7.32. The molecule has 0 spiro atoms. The fraction of sp³-hybridized carbons (Fsp3) is 0.308. The number of nitrogen functional groups attached to an aromatic ring is 1. The van der Waals surface area contributed by atoms with Crippen molar-refractivity contribution in [2.45, 2.75) is 31.5 Å². The summed E-state index contributed by atoms with van der Waals surface area (Å²) in [5.41, 5.74) is 7.44. The number of hydrogen-bond acceptors (Lipinski definition) is 9. The minimum absolute atomic E-state index is 0.00401. The lowest BCUT2D eigenvalue weighted by Gasteiger charge is -2.27. The number of aromatic nitrogens is 4. The summed E-state index contributed by atoms with van der Waals surface area (Å²) in [6.07, 6.45) is 2.77. The van der Waals surface area contributed by atoms with Crippen LogP contribution in [0.15, 0.2) is 41.3 Å². The van der Waals surface area contributed by atoms with E-state index in [9.17, 15) is 14.4 Å². The van der Waals surface area contributed by atoms with Gasteiger partial charge in [-0.3, -0.25) is 9.59 Å². The maximum absolute atomic E-state index is 13.9. The van der Waals surface area contributed by atoms with Crippen LogP contribution in [0.2, 0.25) is 0 Å². The zero-order valence-corrected chi connectivity index (χ0v) is 22.6. The van der Waals surface area contributed by atoms with Crippen molar-refractivity contribution in [3.05, 3.63) is 46.8 Å². The van der Waals surface area contributed by atoms with E-state index < -0.39 is 12.0 Å². The van der Waals surface area contributed by atoms with Gasteiger partial charge >= 0.3 is 5.97 Å². The van der Waals surface area contributed by atoms with E-state index in [4.69, 9.17) is 15.2 Å². The monoisotopic (exact) mass is 593 g/mol.